The first-order chi connectivity index (χ1) is 12.2. The van der Waals surface area contributed by atoms with E-state index in [1.807, 2.05) is 29.2 Å². The van der Waals surface area contributed by atoms with Crippen LogP contribution in [0.3, 0.4) is 0 Å². The highest BCUT2D eigenvalue weighted by Gasteiger charge is 2.34. The van der Waals surface area contributed by atoms with Crippen molar-refractivity contribution in [2.24, 2.45) is 5.92 Å². The third kappa shape index (κ3) is 3.96. The summed E-state index contributed by atoms with van der Waals surface area (Å²) in [5, 5.41) is 9.33. The minimum Gasteiger partial charge on any atom is -0.377 e. The molecule has 1 amide bonds. The molecular weight excluding hydrogens is 314 g/mol. The molecule has 5 heteroatoms. The summed E-state index contributed by atoms with van der Waals surface area (Å²) in [5.74, 6) is 0.263. The van der Waals surface area contributed by atoms with Gasteiger partial charge in [0.05, 0.1) is 23.3 Å². The molecule has 134 valence electrons. The summed E-state index contributed by atoms with van der Waals surface area (Å²) in [6.07, 6.45) is 3.80. The molecule has 0 bridgehead atoms. The third-order valence-electron chi connectivity index (χ3n) is 5.33. The number of nitrogens with zero attached hydrogens (tertiary/aromatic N) is 3. The van der Waals surface area contributed by atoms with E-state index in [0.717, 1.165) is 57.6 Å². The van der Waals surface area contributed by atoms with Crippen LogP contribution >= 0.6 is 0 Å². The summed E-state index contributed by atoms with van der Waals surface area (Å²) in [6, 6.07) is 9.99. The number of amides is 1. The van der Waals surface area contributed by atoms with Crippen LogP contribution in [-0.2, 0) is 9.53 Å². The number of rotatable bonds is 3. The van der Waals surface area contributed by atoms with E-state index < -0.39 is 0 Å². The zero-order valence-electron chi connectivity index (χ0n) is 15.0. The van der Waals surface area contributed by atoms with Crippen LogP contribution in [0, 0.1) is 17.2 Å². The van der Waals surface area contributed by atoms with Crippen molar-refractivity contribution in [3.05, 3.63) is 29.8 Å². The van der Waals surface area contributed by atoms with Gasteiger partial charge in [0.15, 0.2) is 0 Å². The van der Waals surface area contributed by atoms with E-state index in [-0.39, 0.29) is 17.9 Å². The molecule has 2 fully saturated rings. The highest BCUT2D eigenvalue weighted by molar-refractivity contribution is 5.79. The Labute approximate surface area is 150 Å². The predicted octanol–water partition coefficient (Wildman–Crippen LogP) is 2.80. The smallest absolute Gasteiger partial charge is 0.228 e. The maximum absolute atomic E-state index is 13.0. The van der Waals surface area contributed by atoms with Gasteiger partial charge in [-0.2, -0.15) is 5.26 Å². The second-order valence-corrected chi connectivity index (χ2v) is 6.86. The largest absolute Gasteiger partial charge is 0.377 e. The van der Waals surface area contributed by atoms with Gasteiger partial charge < -0.3 is 14.5 Å². The fraction of sp³-hybridized carbons (Fsp3) is 0.600. The third-order valence-corrected chi connectivity index (χ3v) is 5.33. The molecule has 25 heavy (non-hydrogen) atoms. The number of hydrogen-bond donors (Lipinski definition) is 0. The minimum absolute atomic E-state index is 0.0108. The van der Waals surface area contributed by atoms with Crippen LogP contribution in [0.25, 0.3) is 0 Å². The first kappa shape index (κ1) is 17.8. The van der Waals surface area contributed by atoms with E-state index in [2.05, 4.69) is 17.9 Å². The Kier molecular flexibility index (Phi) is 5.93. The molecule has 1 aromatic carbocycles. The lowest BCUT2D eigenvalue weighted by atomic mass is 9.91. The molecule has 0 unspecified atom stereocenters. The second-order valence-electron chi connectivity index (χ2n) is 6.86. The fourth-order valence-electron chi connectivity index (χ4n) is 3.98. The Bertz CT molecular complexity index is 640. The summed E-state index contributed by atoms with van der Waals surface area (Å²) in [7, 11) is 0. The van der Waals surface area contributed by atoms with Crippen LogP contribution in [0.5, 0.6) is 0 Å². The van der Waals surface area contributed by atoms with Crippen LogP contribution in [-0.4, -0.2) is 49.7 Å². The molecule has 0 aliphatic carbocycles. The SMILES string of the molecule is CC[C@@H]1OCCC[C@H]1C(=O)N1CCCN(c2ccccc2C#N)CC1. The topological polar surface area (TPSA) is 56.6 Å². The minimum atomic E-state index is 0.0108. The van der Waals surface area contributed by atoms with E-state index in [1.165, 1.54) is 0 Å². The van der Waals surface area contributed by atoms with E-state index in [4.69, 9.17) is 4.74 Å². The van der Waals surface area contributed by atoms with Gasteiger partial charge >= 0.3 is 0 Å². The van der Waals surface area contributed by atoms with Crippen molar-refractivity contribution in [3.63, 3.8) is 0 Å². The fourth-order valence-corrected chi connectivity index (χ4v) is 3.98. The zero-order chi connectivity index (χ0) is 17.6. The number of carbonyl (C=O) groups is 1. The lowest BCUT2D eigenvalue weighted by molar-refractivity contribution is -0.145. The van der Waals surface area contributed by atoms with Crippen LogP contribution in [0.4, 0.5) is 5.69 Å². The van der Waals surface area contributed by atoms with Gasteiger partial charge in [0.2, 0.25) is 5.91 Å². The average Bonchev–Trinajstić information content (AvgIpc) is 2.93. The number of benzene rings is 1. The van der Waals surface area contributed by atoms with Crippen molar-refractivity contribution >= 4 is 11.6 Å². The Morgan fingerprint density at radius 2 is 2.08 bits per heavy atom. The molecule has 0 radical (unpaired) electrons. The summed E-state index contributed by atoms with van der Waals surface area (Å²) in [5.41, 5.74) is 1.68. The van der Waals surface area contributed by atoms with Gasteiger partial charge in [0.25, 0.3) is 0 Å². The van der Waals surface area contributed by atoms with E-state index in [0.29, 0.717) is 12.1 Å². The van der Waals surface area contributed by atoms with Gasteiger partial charge in [-0.3, -0.25) is 4.79 Å². The highest BCUT2D eigenvalue weighted by atomic mass is 16.5. The number of ether oxygens (including phenoxy) is 1. The summed E-state index contributed by atoms with van der Waals surface area (Å²) < 4.78 is 5.81. The van der Waals surface area contributed by atoms with Gasteiger partial charge in [-0.25, -0.2) is 0 Å². The normalized spacial score (nSPS) is 24.5. The number of para-hydroxylation sites is 1. The Hall–Kier alpha value is -2.06. The molecule has 2 atom stereocenters. The lowest BCUT2D eigenvalue weighted by Crippen LogP contribution is -2.45. The summed E-state index contributed by atoms with van der Waals surface area (Å²) >= 11 is 0. The van der Waals surface area contributed by atoms with E-state index in [1.54, 1.807) is 0 Å². The Morgan fingerprint density at radius 3 is 2.88 bits per heavy atom. The maximum Gasteiger partial charge on any atom is 0.228 e. The standard InChI is InChI=1S/C20H27N3O2/c1-2-19-17(8-5-14-25-19)20(24)23-11-6-10-22(12-13-23)18-9-4-3-7-16(18)15-21/h3-4,7,9,17,19H,2,5-6,8,10-14H2,1H3/t17-,19+/m1/s1. The molecule has 2 aliphatic heterocycles. The average molecular weight is 341 g/mol. The number of anilines is 1. The highest BCUT2D eigenvalue weighted by Crippen LogP contribution is 2.26. The summed E-state index contributed by atoms with van der Waals surface area (Å²) in [4.78, 5) is 17.3. The molecule has 5 nitrogen and oxygen atoms in total. The van der Waals surface area contributed by atoms with Gasteiger partial charge in [-0.05, 0) is 37.8 Å². The van der Waals surface area contributed by atoms with Crippen LogP contribution in [0.1, 0.15) is 38.2 Å². The zero-order valence-corrected chi connectivity index (χ0v) is 15.0. The molecule has 1 aromatic rings. The lowest BCUT2D eigenvalue weighted by Gasteiger charge is -2.34. The molecule has 2 heterocycles. The van der Waals surface area contributed by atoms with Gasteiger partial charge in [0.1, 0.15) is 6.07 Å². The first-order valence-corrected chi connectivity index (χ1v) is 9.39. The molecule has 0 aromatic heterocycles. The van der Waals surface area contributed by atoms with E-state index in [9.17, 15) is 10.1 Å². The van der Waals surface area contributed by atoms with Crippen molar-refractivity contribution in [1.82, 2.24) is 4.90 Å². The number of carbonyl (C=O) groups excluding carboxylic acids is 1. The number of nitriles is 1. The molecule has 2 aliphatic rings. The quantitative estimate of drug-likeness (QED) is 0.848. The monoisotopic (exact) mass is 341 g/mol. The maximum atomic E-state index is 13.0. The second kappa shape index (κ2) is 8.35. The Balaban J connectivity index is 1.67. The first-order valence-electron chi connectivity index (χ1n) is 9.39. The molecule has 0 spiro atoms. The van der Waals surface area contributed by atoms with Gasteiger partial charge in [0, 0.05) is 32.8 Å². The molecule has 2 saturated heterocycles. The molecular formula is C20H27N3O2. The van der Waals surface area contributed by atoms with Gasteiger partial charge in [-0.15, -0.1) is 0 Å². The van der Waals surface area contributed by atoms with Crippen molar-refractivity contribution in [1.29, 1.82) is 5.26 Å². The van der Waals surface area contributed by atoms with Crippen LogP contribution < -0.4 is 4.90 Å². The predicted molar refractivity (Wildman–Crippen MR) is 97.3 cm³/mol. The Morgan fingerprint density at radius 1 is 1.24 bits per heavy atom. The van der Waals surface area contributed by atoms with Crippen molar-refractivity contribution in [2.75, 3.05) is 37.7 Å². The van der Waals surface area contributed by atoms with Gasteiger partial charge in [-0.1, -0.05) is 19.1 Å². The van der Waals surface area contributed by atoms with Crippen molar-refractivity contribution in [2.45, 2.75) is 38.7 Å². The molecule has 3 rings (SSSR count). The van der Waals surface area contributed by atoms with Crippen molar-refractivity contribution in [3.8, 4) is 6.07 Å². The van der Waals surface area contributed by atoms with Crippen LogP contribution in [0.15, 0.2) is 24.3 Å². The van der Waals surface area contributed by atoms with Crippen LogP contribution in [0.2, 0.25) is 0 Å². The number of hydrogen-bond acceptors (Lipinski definition) is 4. The molecule has 0 N–H and O–H groups in total. The van der Waals surface area contributed by atoms with E-state index >= 15 is 0 Å². The van der Waals surface area contributed by atoms with Crippen molar-refractivity contribution < 1.29 is 9.53 Å². The molecule has 0 saturated carbocycles. The summed E-state index contributed by atoms with van der Waals surface area (Å²) in [6.45, 7) is 6.03.